The van der Waals surface area contributed by atoms with Gasteiger partial charge in [-0.05, 0) is 5.56 Å². The fourth-order valence-electron chi connectivity index (χ4n) is 0.583. The normalized spacial score (nSPS) is 10.2. The van der Waals surface area contributed by atoms with Gasteiger partial charge >= 0.3 is 0 Å². The van der Waals surface area contributed by atoms with Crippen molar-refractivity contribution >= 4 is 0 Å². The largest absolute Gasteiger partial charge is 0.392 e. The van der Waals surface area contributed by atoms with Crippen LogP contribution in [0.15, 0.2) is 30.3 Å². The van der Waals surface area contributed by atoms with E-state index in [1.54, 1.807) is 0 Å². The molecule has 2 heteroatoms. The molecular weight excluding hydrogens is 162 g/mol. The smallest absolute Gasteiger partial charge is 0.0681 e. The molecule has 0 saturated carbocycles. The summed E-state index contributed by atoms with van der Waals surface area (Å²) < 4.78 is 1.00. The molecule has 0 aromatic heterocycles. The van der Waals surface area contributed by atoms with Gasteiger partial charge in [-0.3, -0.25) is 0 Å². The molecule has 0 atom stereocenters. The quantitative estimate of drug-likeness (QED) is 0.653. The second-order valence-electron chi connectivity index (χ2n) is 4.33. The van der Waals surface area contributed by atoms with Gasteiger partial charge in [0.2, 0.25) is 0 Å². The Kier molecular flexibility index (Phi) is 5.35. The molecule has 0 spiro atoms. The summed E-state index contributed by atoms with van der Waals surface area (Å²) in [5.41, 5.74) is 0.965. The highest BCUT2D eigenvalue weighted by Gasteiger charge is 1.88. The molecule has 0 aliphatic carbocycles. The van der Waals surface area contributed by atoms with Crippen LogP contribution in [0.4, 0.5) is 0 Å². The minimum atomic E-state index is 0.140. The number of quaternary nitrogens is 1. The van der Waals surface area contributed by atoms with Crippen LogP contribution in [0.3, 0.4) is 0 Å². The Labute approximate surface area is 81.0 Å². The molecule has 0 amide bonds. The van der Waals surface area contributed by atoms with Gasteiger partial charge in [-0.1, -0.05) is 30.3 Å². The van der Waals surface area contributed by atoms with Crippen molar-refractivity contribution in [3.8, 4) is 0 Å². The van der Waals surface area contributed by atoms with E-state index in [9.17, 15) is 0 Å². The monoisotopic (exact) mass is 182 g/mol. The Bertz CT molecular complexity index is 207. The zero-order chi connectivity index (χ0) is 10.3. The third-order valence-corrected chi connectivity index (χ3v) is 1.03. The van der Waals surface area contributed by atoms with Gasteiger partial charge in [-0.25, -0.2) is 0 Å². The van der Waals surface area contributed by atoms with E-state index in [0.717, 1.165) is 10.0 Å². The molecule has 0 radical (unpaired) electrons. The second kappa shape index (κ2) is 5.73. The van der Waals surface area contributed by atoms with Crippen LogP contribution in [0.25, 0.3) is 0 Å². The summed E-state index contributed by atoms with van der Waals surface area (Å²) in [5.74, 6) is 0. The number of nitrogens with zero attached hydrogens (tertiary/aromatic N) is 1. The first-order valence-electron chi connectivity index (χ1n) is 4.37. The first kappa shape index (κ1) is 12.1. The first-order chi connectivity index (χ1) is 5.93. The second-order valence-corrected chi connectivity index (χ2v) is 4.33. The predicted molar refractivity (Wildman–Crippen MR) is 56.3 cm³/mol. The number of aliphatic hydroxyl groups excluding tert-OH is 1. The van der Waals surface area contributed by atoms with Crippen molar-refractivity contribution in [2.24, 2.45) is 0 Å². The highest BCUT2D eigenvalue weighted by molar-refractivity contribution is 5.12. The van der Waals surface area contributed by atoms with Gasteiger partial charge in [-0.15, -0.1) is 0 Å². The maximum Gasteiger partial charge on any atom is 0.0681 e. The molecular formula is C11H20NO+. The molecule has 13 heavy (non-hydrogen) atoms. The maximum absolute atomic E-state index is 8.54. The number of benzene rings is 1. The summed E-state index contributed by atoms with van der Waals surface area (Å²) in [6.07, 6.45) is 0. The number of aliphatic hydroxyl groups is 1. The Morgan fingerprint density at radius 3 is 1.62 bits per heavy atom. The van der Waals surface area contributed by atoms with Crippen LogP contribution < -0.4 is 0 Å². The summed E-state index contributed by atoms with van der Waals surface area (Å²) >= 11 is 0. The van der Waals surface area contributed by atoms with E-state index in [0.29, 0.717) is 0 Å². The van der Waals surface area contributed by atoms with Crippen LogP contribution in [-0.4, -0.2) is 37.8 Å². The van der Waals surface area contributed by atoms with Crippen LogP contribution in [0, 0.1) is 0 Å². The zero-order valence-corrected chi connectivity index (χ0v) is 8.99. The minimum Gasteiger partial charge on any atom is -0.392 e. The molecule has 0 bridgehead atoms. The van der Waals surface area contributed by atoms with E-state index < -0.39 is 0 Å². The molecule has 1 aromatic rings. The fourth-order valence-corrected chi connectivity index (χ4v) is 0.583. The molecule has 1 aromatic carbocycles. The molecule has 1 N–H and O–H groups in total. The molecule has 74 valence electrons. The lowest BCUT2D eigenvalue weighted by atomic mass is 10.2. The van der Waals surface area contributed by atoms with Crippen molar-refractivity contribution in [3.63, 3.8) is 0 Å². The highest BCUT2D eigenvalue weighted by atomic mass is 16.3. The summed E-state index contributed by atoms with van der Waals surface area (Å²) in [6.45, 7) is 0.140. The predicted octanol–water partition coefficient (Wildman–Crippen LogP) is 1.50. The lowest BCUT2D eigenvalue weighted by molar-refractivity contribution is -0.849. The molecule has 0 fully saturated rings. The minimum absolute atomic E-state index is 0.140. The average molecular weight is 182 g/mol. The summed E-state index contributed by atoms with van der Waals surface area (Å²) in [4.78, 5) is 0. The number of rotatable bonds is 1. The number of hydrogen-bond donors (Lipinski definition) is 1. The van der Waals surface area contributed by atoms with Crippen molar-refractivity contribution in [3.05, 3.63) is 35.9 Å². The van der Waals surface area contributed by atoms with E-state index in [1.165, 1.54) is 0 Å². The fraction of sp³-hybridized carbons (Fsp3) is 0.455. The van der Waals surface area contributed by atoms with Crippen LogP contribution in [0.5, 0.6) is 0 Å². The van der Waals surface area contributed by atoms with Gasteiger partial charge in [0.15, 0.2) is 0 Å². The van der Waals surface area contributed by atoms with Gasteiger partial charge < -0.3 is 9.59 Å². The van der Waals surface area contributed by atoms with Gasteiger partial charge in [-0.2, -0.15) is 0 Å². The van der Waals surface area contributed by atoms with Gasteiger partial charge in [0.05, 0.1) is 34.8 Å². The topological polar surface area (TPSA) is 20.2 Å². The highest BCUT2D eigenvalue weighted by Crippen LogP contribution is 1.95. The summed E-state index contributed by atoms with van der Waals surface area (Å²) in [6, 6.07) is 9.52. The Morgan fingerprint density at radius 1 is 1.00 bits per heavy atom. The van der Waals surface area contributed by atoms with Gasteiger partial charge in [0.25, 0.3) is 0 Å². The van der Waals surface area contributed by atoms with E-state index in [4.69, 9.17) is 5.11 Å². The lowest BCUT2D eigenvalue weighted by Crippen LogP contribution is -2.27. The molecule has 0 saturated heterocycles. The Balaban J connectivity index is 0.000000252. The molecule has 0 unspecified atom stereocenters. The van der Waals surface area contributed by atoms with Crippen molar-refractivity contribution in [1.82, 2.24) is 0 Å². The van der Waals surface area contributed by atoms with Crippen molar-refractivity contribution in [2.45, 2.75) is 6.61 Å². The third-order valence-electron chi connectivity index (χ3n) is 1.03. The maximum atomic E-state index is 8.54. The standard InChI is InChI=1S/C7H8O.C4H12N/c8-6-7-4-2-1-3-5-7;1-5(2,3)4/h1-5,8H,6H2;1-4H3/q;+1. The van der Waals surface area contributed by atoms with Gasteiger partial charge in [0.1, 0.15) is 0 Å². The Morgan fingerprint density at radius 2 is 1.38 bits per heavy atom. The van der Waals surface area contributed by atoms with Crippen molar-refractivity contribution in [1.29, 1.82) is 0 Å². The van der Waals surface area contributed by atoms with E-state index in [1.807, 2.05) is 30.3 Å². The van der Waals surface area contributed by atoms with Crippen molar-refractivity contribution in [2.75, 3.05) is 28.2 Å². The van der Waals surface area contributed by atoms with Crippen molar-refractivity contribution < 1.29 is 9.59 Å². The zero-order valence-electron chi connectivity index (χ0n) is 8.99. The SMILES string of the molecule is C[N+](C)(C)C.OCc1ccccc1. The van der Waals surface area contributed by atoms with Crippen LogP contribution >= 0.6 is 0 Å². The third kappa shape index (κ3) is 11.1. The average Bonchev–Trinajstić information content (AvgIpc) is 2.03. The molecule has 0 aliphatic heterocycles. The van der Waals surface area contributed by atoms with E-state index in [-0.39, 0.29) is 6.61 Å². The molecule has 0 heterocycles. The van der Waals surface area contributed by atoms with Crippen LogP contribution in [0.2, 0.25) is 0 Å². The van der Waals surface area contributed by atoms with Crippen LogP contribution in [0.1, 0.15) is 5.56 Å². The first-order valence-corrected chi connectivity index (χ1v) is 4.37. The molecule has 0 aliphatic rings. The lowest BCUT2D eigenvalue weighted by Gasteiger charge is -2.14. The van der Waals surface area contributed by atoms with Crippen LogP contribution in [-0.2, 0) is 6.61 Å². The number of hydrogen-bond acceptors (Lipinski definition) is 1. The van der Waals surface area contributed by atoms with Gasteiger partial charge in [0, 0.05) is 0 Å². The Hall–Kier alpha value is -0.860. The summed E-state index contributed by atoms with van der Waals surface area (Å²) in [5, 5.41) is 8.54. The van der Waals surface area contributed by atoms with E-state index in [2.05, 4.69) is 28.2 Å². The summed E-state index contributed by atoms with van der Waals surface area (Å²) in [7, 11) is 8.50. The molecule has 2 nitrogen and oxygen atoms in total. The molecule has 1 rings (SSSR count). The van der Waals surface area contributed by atoms with E-state index >= 15 is 0 Å².